The van der Waals surface area contributed by atoms with Crippen LogP contribution in [-0.2, 0) is 4.79 Å². The molecule has 0 radical (unpaired) electrons. The van der Waals surface area contributed by atoms with Gasteiger partial charge in [-0.1, -0.05) is 44.2 Å². The fraction of sp³-hybridized carbons (Fsp3) is 0.261. The van der Waals surface area contributed by atoms with Crippen LogP contribution in [0.5, 0.6) is 0 Å². The van der Waals surface area contributed by atoms with E-state index in [-0.39, 0.29) is 11.6 Å². The molecule has 27 heavy (non-hydrogen) atoms. The Hall–Kier alpha value is -3.01. The molecule has 1 heterocycles. The lowest BCUT2D eigenvalue weighted by Gasteiger charge is -2.31. The number of anilines is 1. The van der Waals surface area contributed by atoms with Crippen LogP contribution in [0.2, 0.25) is 0 Å². The van der Waals surface area contributed by atoms with E-state index in [0.29, 0.717) is 24.0 Å². The van der Waals surface area contributed by atoms with Crippen molar-refractivity contribution in [2.45, 2.75) is 33.6 Å². The Morgan fingerprint density at radius 1 is 1.07 bits per heavy atom. The summed E-state index contributed by atoms with van der Waals surface area (Å²) in [5, 5.41) is 3.38. The Labute approximate surface area is 159 Å². The highest BCUT2D eigenvalue weighted by atomic mass is 16.1. The average molecular weight is 358 g/mol. The molecule has 0 amide bonds. The molecule has 0 bridgehead atoms. The number of carbonyl (C=O) groups excluding carboxylic acids is 2. The van der Waals surface area contributed by atoms with Crippen molar-refractivity contribution in [3.8, 4) is 0 Å². The van der Waals surface area contributed by atoms with Crippen molar-refractivity contribution < 1.29 is 9.59 Å². The zero-order valence-corrected chi connectivity index (χ0v) is 15.8. The first-order chi connectivity index (χ1) is 12.8. The first kappa shape index (κ1) is 17.4. The predicted molar refractivity (Wildman–Crippen MR) is 108 cm³/mol. The summed E-state index contributed by atoms with van der Waals surface area (Å²) in [6.07, 6.45) is 1.00. The van der Waals surface area contributed by atoms with Gasteiger partial charge in [0.15, 0.2) is 5.78 Å². The maximum Gasteiger partial charge on any atom is 0.193 e. The van der Waals surface area contributed by atoms with E-state index in [4.69, 9.17) is 4.99 Å². The second-order valence-electron chi connectivity index (χ2n) is 7.87. The number of carbonyl (C=O) groups is 2. The fourth-order valence-electron chi connectivity index (χ4n) is 3.63. The van der Waals surface area contributed by atoms with E-state index >= 15 is 0 Å². The number of hydrogen-bond acceptors (Lipinski definition) is 4. The molecule has 0 spiro atoms. The summed E-state index contributed by atoms with van der Waals surface area (Å²) in [6.45, 7) is 5.92. The van der Waals surface area contributed by atoms with Gasteiger partial charge in [-0.2, -0.15) is 0 Å². The van der Waals surface area contributed by atoms with Crippen molar-refractivity contribution >= 4 is 28.7 Å². The van der Waals surface area contributed by atoms with Crippen LogP contribution in [0, 0.1) is 5.41 Å². The van der Waals surface area contributed by atoms with Gasteiger partial charge in [-0.15, -0.1) is 0 Å². The summed E-state index contributed by atoms with van der Waals surface area (Å²) < 4.78 is 0. The molecule has 1 saturated carbocycles. The third kappa shape index (κ3) is 3.12. The summed E-state index contributed by atoms with van der Waals surface area (Å²) in [6, 6.07) is 14.8. The molecule has 0 saturated heterocycles. The molecular formula is C23H22N2O2. The lowest BCUT2D eigenvalue weighted by atomic mass is 9.73. The Bertz CT molecular complexity index is 1010. The molecule has 0 aromatic heterocycles. The molecule has 1 aliphatic heterocycles. The van der Waals surface area contributed by atoms with Crippen molar-refractivity contribution in [2.24, 2.45) is 10.4 Å². The van der Waals surface area contributed by atoms with Crippen molar-refractivity contribution in [1.29, 1.82) is 0 Å². The Balaban J connectivity index is 1.77. The number of nitrogens with zero attached hydrogens (tertiary/aromatic N) is 1. The maximum atomic E-state index is 12.8. The number of Topliss-reactive ketones (excluding diaryl/α,β-unsaturated/α-hetero) is 1. The molecule has 1 fully saturated rings. The van der Waals surface area contributed by atoms with Crippen LogP contribution in [0.15, 0.2) is 64.8 Å². The standard InChI is InChI=1S/C23H22N2O2/c1-14-17-12-21(26)23(2,3)13-20(17)25-19-11-16(9-10-18(19)24-14)22(27)15-7-5-4-6-8-15/h4-11,24H,12-13H2,1-3H3. The highest BCUT2D eigenvalue weighted by Gasteiger charge is 2.37. The molecule has 136 valence electrons. The maximum absolute atomic E-state index is 12.8. The van der Waals surface area contributed by atoms with Gasteiger partial charge in [-0.3, -0.25) is 14.6 Å². The van der Waals surface area contributed by atoms with E-state index < -0.39 is 5.41 Å². The average Bonchev–Trinajstić information content (AvgIpc) is 2.77. The zero-order chi connectivity index (χ0) is 19.2. The largest absolute Gasteiger partial charge is 0.357 e. The highest BCUT2D eigenvalue weighted by molar-refractivity contribution is 6.14. The molecule has 0 atom stereocenters. The lowest BCUT2D eigenvalue weighted by Crippen LogP contribution is -2.34. The molecule has 2 aromatic rings. The number of hydrogen-bond donors (Lipinski definition) is 1. The van der Waals surface area contributed by atoms with Crippen LogP contribution in [-0.4, -0.2) is 17.3 Å². The monoisotopic (exact) mass is 358 g/mol. The van der Waals surface area contributed by atoms with E-state index in [9.17, 15) is 9.59 Å². The highest BCUT2D eigenvalue weighted by Crippen LogP contribution is 2.40. The van der Waals surface area contributed by atoms with Gasteiger partial charge in [-0.05, 0) is 30.7 Å². The summed E-state index contributed by atoms with van der Waals surface area (Å²) in [5.41, 5.74) is 5.33. The van der Waals surface area contributed by atoms with Crippen LogP contribution < -0.4 is 5.32 Å². The van der Waals surface area contributed by atoms with Gasteiger partial charge in [-0.25, -0.2) is 0 Å². The first-order valence-corrected chi connectivity index (χ1v) is 9.17. The zero-order valence-electron chi connectivity index (χ0n) is 15.8. The predicted octanol–water partition coefficient (Wildman–Crippen LogP) is 5.08. The third-order valence-electron chi connectivity index (χ3n) is 5.38. The minimum absolute atomic E-state index is 0.0214. The van der Waals surface area contributed by atoms with E-state index in [2.05, 4.69) is 5.32 Å². The van der Waals surface area contributed by atoms with Crippen molar-refractivity contribution in [2.75, 3.05) is 5.32 Å². The quantitative estimate of drug-likeness (QED) is 0.762. The number of rotatable bonds is 2. The van der Waals surface area contributed by atoms with Gasteiger partial charge < -0.3 is 5.32 Å². The fourth-order valence-corrected chi connectivity index (χ4v) is 3.63. The number of aliphatic imine (C=N–C) groups is 1. The molecular weight excluding hydrogens is 336 g/mol. The third-order valence-corrected chi connectivity index (χ3v) is 5.38. The molecule has 4 heteroatoms. The van der Waals surface area contributed by atoms with Crippen LogP contribution in [0.4, 0.5) is 11.4 Å². The Morgan fingerprint density at radius 3 is 2.56 bits per heavy atom. The summed E-state index contributed by atoms with van der Waals surface area (Å²) in [7, 11) is 0. The topological polar surface area (TPSA) is 58.5 Å². The van der Waals surface area contributed by atoms with Crippen LogP contribution in [0.1, 0.15) is 49.5 Å². The molecule has 4 rings (SSSR count). The number of nitrogens with one attached hydrogen (secondary N) is 1. The molecule has 1 N–H and O–H groups in total. The van der Waals surface area contributed by atoms with Crippen molar-refractivity contribution in [3.63, 3.8) is 0 Å². The number of fused-ring (bicyclic) bond motifs is 2. The smallest absolute Gasteiger partial charge is 0.193 e. The molecule has 2 aliphatic rings. The van der Waals surface area contributed by atoms with Crippen LogP contribution in [0.3, 0.4) is 0 Å². The second-order valence-corrected chi connectivity index (χ2v) is 7.87. The molecule has 1 aliphatic carbocycles. The van der Waals surface area contributed by atoms with Gasteiger partial charge in [0.1, 0.15) is 5.78 Å². The number of allylic oxidation sites excluding steroid dienone is 2. The summed E-state index contributed by atoms with van der Waals surface area (Å²) in [4.78, 5) is 30.1. The molecule has 0 unspecified atom stereocenters. The minimum atomic E-state index is -0.412. The second kappa shape index (κ2) is 6.31. The summed E-state index contributed by atoms with van der Waals surface area (Å²) >= 11 is 0. The van der Waals surface area contributed by atoms with Crippen LogP contribution >= 0.6 is 0 Å². The molecule has 2 aromatic carbocycles. The van der Waals surface area contributed by atoms with Gasteiger partial charge in [0.2, 0.25) is 0 Å². The van der Waals surface area contributed by atoms with E-state index in [0.717, 1.165) is 28.4 Å². The van der Waals surface area contributed by atoms with Gasteiger partial charge in [0, 0.05) is 40.8 Å². The molecule has 4 nitrogen and oxygen atoms in total. The van der Waals surface area contributed by atoms with Gasteiger partial charge >= 0.3 is 0 Å². The van der Waals surface area contributed by atoms with E-state index in [1.54, 1.807) is 0 Å². The normalized spacial score (nSPS) is 18.0. The number of benzene rings is 2. The van der Waals surface area contributed by atoms with Crippen LogP contribution in [0.25, 0.3) is 0 Å². The Kier molecular flexibility index (Phi) is 4.06. The SMILES string of the molecule is CC1=C2CC(=O)C(C)(C)CC2=Nc2cc(C(=O)c3ccccc3)ccc2N1. The van der Waals surface area contributed by atoms with Gasteiger partial charge in [0.25, 0.3) is 0 Å². The van der Waals surface area contributed by atoms with E-state index in [1.807, 2.05) is 69.3 Å². The van der Waals surface area contributed by atoms with Gasteiger partial charge in [0.05, 0.1) is 11.4 Å². The van der Waals surface area contributed by atoms with Crippen molar-refractivity contribution in [3.05, 3.63) is 70.9 Å². The number of ketones is 2. The Morgan fingerprint density at radius 2 is 1.81 bits per heavy atom. The minimum Gasteiger partial charge on any atom is -0.357 e. The van der Waals surface area contributed by atoms with Crippen molar-refractivity contribution in [1.82, 2.24) is 0 Å². The summed E-state index contributed by atoms with van der Waals surface area (Å²) in [5.74, 6) is 0.218. The lowest BCUT2D eigenvalue weighted by molar-refractivity contribution is -0.126. The van der Waals surface area contributed by atoms with E-state index in [1.165, 1.54) is 0 Å². The first-order valence-electron chi connectivity index (χ1n) is 9.17.